The van der Waals surface area contributed by atoms with Crippen LogP contribution in [0.25, 0.3) is 0 Å². The number of hydrogen-bond acceptors (Lipinski definition) is 5. The zero-order valence-corrected chi connectivity index (χ0v) is 13.4. The highest BCUT2D eigenvalue weighted by Crippen LogP contribution is 2.28. The van der Waals surface area contributed by atoms with Crippen LogP contribution in [0.15, 0.2) is 17.0 Å². The molecule has 1 aromatic carbocycles. The van der Waals surface area contributed by atoms with E-state index in [1.807, 2.05) is 0 Å². The van der Waals surface area contributed by atoms with Crippen molar-refractivity contribution in [3.63, 3.8) is 0 Å². The lowest BCUT2D eigenvalue weighted by atomic mass is 10.1. The van der Waals surface area contributed by atoms with Gasteiger partial charge in [-0.15, -0.1) is 0 Å². The van der Waals surface area contributed by atoms with E-state index in [1.54, 1.807) is 27.0 Å². The first-order valence-electron chi connectivity index (χ1n) is 6.12. The molecule has 0 aliphatic heterocycles. The summed E-state index contributed by atoms with van der Waals surface area (Å²) < 4.78 is 38.4. The quantitative estimate of drug-likeness (QED) is 0.543. The van der Waals surface area contributed by atoms with Crippen LogP contribution in [0, 0.1) is 13.8 Å². The zero-order chi connectivity index (χ0) is 15.2. The Labute approximate surface area is 124 Å². The lowest BCUT2D eigenvalue weighted by molar-refractivity contribution is 0.0543. The van der Waals surface area contributed by atoms with Crippen molar-refractivity contribution < 1.29 is 22.6 Å². The van der Waals surface area contributed by atoms with Gasteiger partial charge in [-0.3, -0.25) is 0 Å². The van der Waals surface area contributed by atoms with Gasteiger partial charge in [-0.1, -0.05) is 0 Å². The Kier molecular flexibility index (Phi) is 6.75. The number of methoxy groups -OCH3 is 1. The Hall–Kier alpha value is -0.820. The molecule has 1 aromatic rings. The van der Waals surface area contributed by atoms with E-state index >= 15 is 0 Å². The smallest absolute Gasteiger partial charge is 0.261 e. The molecule has 7 heteroatoms. The molecule has 0 spiro atoms. The van der Waals surface area contributed by atoms with E-state index < -0.39 is 9.05 Å². The lowest BCUT2D eigenvalue weighted by Crippen LogP contribution is -2.11. The third-order valence-corrected chi connectivity index (χ3v) is 4.33. The van der Waals surface area contributed by atoms with Gasteiger partial charge in [0.1, 0.15) is 12.4 Å². The van der Waals surface area contributed by atoms with E-state index in [9.17, 15) is 8.42 Å². The first-order valence-corrected chi connectivity index (χ1v) is 8.43. The van der Waals surface area contributed by atoms with Crippen LogP contribution in [0.3, 0.4) is 0 Å². The molecule has 0 bridgehead atoms. The van der Waals surface area contributed by atoms with Crippen LogP contribution in [-0.4, -0.2) is 42.0 Å². The maximum absolute atomic E-state index is 11.4. The molecule has 0 aliphatic carbocycles. The van der Waals surface area contributed by atoms with Crippen LogP contribution in [0.1, 0.15) is 11.1 Å². The van der Waals surface area contributed by atoms with Crippen LogP contribution < -0.4 is 4.74 Å². The van der Waals surface area contributed by atoms with E-state index in [1.165, 1.54) is 6.07 Å². The summed E-state index contributed by atoms with van der Waals surface area (Å²) in [5, 5.41) is 0. The van der Waals surface area contributed by atoms with E-state index in [-0.39, 0.29) is 4.90 Å². The first-order chi connectivity index (χ1) is 9.38. The molecule has 114 valence electrons. The third-order valence-electron chi connectivity index (χ3n) is 2.87. The molecule has 0 aromatic heterocycles. The Bertz CT molecular complexity index is 542. The highest BCUT2D eigenvalue weighted by molar-refractivity contribution is 8.13. The average molecular weight is 323 g/mol. The summed E-state index contributed by atoms with van der Waals surface area (Å²) in [5.41, 5.74) is 1.35. The fourth-order valence-electron chi connectivity index (χ4n) is 1.65. The molecule has 0 unspecified atom stereocenters. The summed E-state index contributed by atoms with van der Waals surface area (Å²) in [6.45, 7) is 5.38. The van der Waals surface area contributed by atoms with Crippen molar-refractivity contribution in [2.75, 3.05) is 33.5 Å². The summed E-state index contributed by atoms with van der Waals surface area (Å²) in [6.07, 6.45) is 0. The van der Waals surface area contributed by atoms with Gasteiger partial charge in [0.15, 0.2) is 0 Å². The van der Waals surface area contributed by atoms with E-state index in [0.29, 0.717) is 37.7 Å². The number of hydrogen-bond donors (Lipinski definition) is 0. The summed E-state index contributed by atoms with van der Waals surface area (Å²) in [7, 11) is 3.24. The molecular formula is C13H19ClO5S. The molecule has 5 nitrogen and oxygen atoms in total. The second-order valence-corrected chi connectivity index (χ2v) is 6.74. The van der Waals surface area contributed by atoms with E-state index in [2.05, 4.69) is 0 Å². The first kappa shape index (κ1) is 17.2. The largest absolute Gasteiger partial charge is 0.491 e. The van der Waals surface area contributed by atoms with Crippen molar-refractivity contribution in [1.29, 1.82) is 0 Å². The van der Waals surface area contributed by atoms with Gasteiger partial charge in [-0.2, -0.15) is 0 Å². The van der Waals surface area contributed by atoms with E-state index in [0.717, 1.165) is 5.56 Å². The molecule has 0 amide bonds. The second kappa shape index (κ2) is 7.83. The minimum Gasteiger partial charge on any atom is -0.491 e. The highest BCUT2D eigenvalue weighted by Gasteiger charge is 2.16. The molecule has 20 heavy (non-hydrogen) atoms. The van der Waals surface area contributed by atoms with Gasteiger partial charge in [0, 0.05) is 17.8 Å². The predicted octanol–water partition coefficient (Wildman–Crippen LogP) is 2.27. The van der Waals surface area contributed by atoms with Gasteiger partial charge in [0.25, 0.3) is 9.05 Å². The van der Waals surface area contributed by atoms with E-state index in [4.69, 9.17) is 24.9 Å². The number of ether oxygens (including phenoxy) is 3. The SMILES string of the molecule is COCCOCCOc1ccc(S(=O)(=O)Cl)c(C)c1C. The molecule has 0 saturated carbocycles. The van der Waals surface area contributed by atoms with Crippen molar-refractivity contribution in [3.8, 4) is 5.75 Å². The Morgan fingerprint density at radius 1 is 1.05 bits per heavy atom. The summed E-state index contributed by atoms with van der Waals surface area (Å²) in [5.74, 6) is 0.627. The molecular weight excluding hydrogens is 304 g/mol. The zero-order valence-electron chi connectivity index (χ0n) is 11.8. The fourth-order valence-corrected chi connectivity index (χ4v) is 2.90. The number of rotatable bonds is 8. The van der Waals surface area contributed by atoms with Crippen molar-refractivity contribution in [2.24, 2.45) is 0 Å². The lowest BCUT2D eigenvalue weighted by Gasteiger charge is -2.13. The molecule has 0 N–H and O–H groups in total. The van der Waals surface area contributed by atoms with Crippen LogP contribution in [0.2, 0.25) is 0 Å². The maximum Gasteiger partial charge on any atom is 0.261 e. The van der Waals surface area contributed by atoms with Crippen LogP contribution >= 0.6 is 10.7 Å². The molecule has 0 saturated heterocycles. The molecule has 0 radical (unpaired) electrons. The summed E-state index contributed by atoms with van der Waals surface area (Å²) in [6, 6.07) is 3.05. The third kappa shape index (κ3) is 4.94. The minimum atomic E-state index is -3.73. The van der Waals surface area contributed by atoms with Crippen molar-refractivity contribution in [3.05, 3.63) is 23.3 Å². The standard InChI is InChI=1S/C13H19ClO5S/c1-10-11(2)13(20(14,15)16)5-4-12(10)19-9-8-18-7-6-17-3/h4-5H,6-9H2,1-3H3. The molecule has 0 atom stereocenters. The molecule has 0 heterocycles. The Morgan fingerprint density at radius 3 is 2.30 bits per heavy atom. The topological polar surface area (TPSA) is 61.8 Å². The monoisotopic (exact) mass is 322 g/mol. The fraction of sp³-hybridized carbons (Fsp3) is 0.538. The molecule has 1 rings (SSSR count). The van der Waals surface area contributed by atoms with Crippen molar-refractivity contribution in [2.45, 2.75) is 18.7 Å². The average Bonchev–Trinajstić information content (AvgIpc) is 2.37. The Balaban J connectivity index is 2.63. The van der Waals surface area contributed by atoms with Crippen LogP contribution in [0.5, 0.6) is 5.75 Å². The molecule has 0 fully saturated rings. The van der Waals surface area contributed by atoms with Gasteiger partial charge in [0.2, 0.25) is 0 Å². The number of benzene rings is 1. The summed E-state index contributed by atoms with van der Waals surface area (Å²) in [4.78, 5) is 0.111. The predicted molar refractivity (Wildman–Crippen MR) is 77.1 cm³/mol. The summed E-state index contributed by atoms with van der Waals surface area (Å²) >= 11 is 0. The normalized spacial score (nSPS) is 11.6. The minimum absolute atomic E-state index is 0.111. The Morgan fingerprint density at radius 2 is 1.70 bits per heavy atom. The van der Waals surface area contributed by atoms with Gasteiger partial charge < -0.3 is 14.2 Å². The van der Waals surface area contributed by atoms with Crippen LogP contribution in [-0.2, 0) is 18.5 Å². The second-order valence-electron chi connectivity index (χ2n) is 4.20. The van der Waals surface area contributed by atoms with Gasteiger partial charge >= 0.3 is 0 Å². The van der Waals surface area contributed by atoms with Gasteiger partial charge in [0.05, 0.1) is 24.7 Å². The number of halogens is 1. The van der Waals surface area contributed by atoms with Crippen molar-refractivity contribution >= 4 is 19.7 Å². The van der Waals surface area contributed by atoms with Crippen molar-refractivity contribution in [1.82, 2.24) is 0 Å². The van der Waals surface area contributed by atoms with Gasteiger partial charge in [-0.25, -0.2) is 8.42 Å². The van der Waals surface area contributed by atoms with Crippen LogP contribution in [0.4, 0.5) is 0 Å². The highest BCUT2D eigenvalue weighted by atomic mass is 35.7. The van der Waals surface area contributed by atoms with Gasteiger partial charge in [-0.05, 0) is 37.1 Å². The maximum atomic E-state index is 11.4. The molecule has 0 aliphatic rings.